The number of benzene rings is 1. The van der Waals surface area contributed by atoms with Crippen LogP contribution in [0.25, 0.3) is 0 Å². The van der Waals surface area contributed by atoms with Crippen molar-refractivity contribution in [3.05, 3.63) is 29.8 Å². The zero-order valence-corrected chi connectivity index (χ0v) is 11.2. The van der Waals surface area contributed by atoms with Gasteiger partial charge in [-0.2, -0.15) is 0 Å². The van der Waals surface area contributed by atoms with Crippen LogP contribution in [0.15, 0.2) is 24.3 Å². The van der Waals surface area contributed by atoms with Gasteiger partial charge in [0.05, 0.1) is 0 Å². The highest BCUT2D eigenvalue weighted by molar-refractivity contribution is 5.56. The highest BCUT2D eigenvalue weighted by atomic mass is 15.2. The number of nitrogens with zero attached hydrogens (tertiary/aromatic N) is 1. The molecule has 0 aromatic heterocycles. The average Bonchev–Trinajstić information content (AvgIpc) is 2.37. The highest BCUT2D eigenvalue weighted by Crippen LogP contribution is 2.30. The standard InChI is InChI=1S/C15H24N2/c1-12(11-16-3)13(2)17-10-6-8-14-7-4-5-9-15(14)17/h4-5,7,9,12-13,16H,6,8,10-11H2,1-3H3. The first-order valence-electron chi connectivity index (χ1n) is 6.73. The lowest BCUT2D eigenvalue weighted by Gasteiger charge is -2.39. The smallest absolute Gasteiger partial charge is 0.0401 e. The van der Waals surface area contributed by atoms with Gasteiger partial charge in [-0.15, -0.1) is 0 Å². The minimum Gasteiger partial charge on any atom is -0.368 e. The van der Waals surface area contributed by atoms with E-state index in [1.54, 1.807) is 0 Å². The van der Waals surface area contributed by atoms with Gasteiger partial charge in [0, 0.05) is 18.3 Å². The third-order valence-corrected chi connectivity index (χ3v) is 3.99. The van der Waals surface area contributed by atoms with Crippen molar-refractivity contribution in [1.82, 2.24) is 5.32 Å². The van der Waals surface area contributed by atoms with Crippen LogP contribution in [0.3, 0.4) is 0 Å². The molecule has 0 saturated carbocycles. The highest BCUT2D eigenvalue weighted by Gasteiger charge is 2.24. The number of hydrogen-bond acceptors (Lipinski definition) is 2. The molecular formula is C15H24N2. The Morgan fingerprint density at radius 1 is 1.29 bits per heavy atom. The molecule has 0 bridgehead atoms. The van der Waals surface area contributed by atoms with Crippen molar-refractivity contribution >= 4 is 5.69 Å². The molecule has 1 aliphatic heterocycles. The Morgan fingerprint density at radius 3 is 2.82 bits per heavy atom. The Hall–Kier alpha value is -1.02. The van der Waals surface area contributed by atoms with E-state index >= 15 is 0 Å². The monoisotopic (exact) mass is 232 g/mol. The summed E-state index contributed by atoms with van der Waals surface area (Å²) in [6.45, 7) is 6.97. The van der Waals surface area contributed by atoms with E-state index in [1.165, 1.54) is 30.6 Å². The van der Waals surface area contributed by atoms with E-state index in [-0.39, 0.29) is 0 Å². The second-order valence-electron chi connectivity index (χ2n) is 5.20. The molecule has 2 heteroatoms. The maximum Gasteiger partial charge on any atom is 0.0401 e. The van der Waals surface area contributed by atoms with Gasteiger partial charge < -0.3 is 10.2 Å². The van der Waals surface area contributed by atoms with E-state index in [9.17, 15) is 0 Å². The van der Waals surface area contributed by atoms with Gasteiger partial charge >= 0.3 is 0 Å². The lowest BCUT2D eigenvalue weighted by atomic mass is 9.95. The fourth-order valence-electron chi connectivity index (χ4n) is 2.79. The summed E-state index contributed by atoms with van der Waals surface area (Å²) >= 11 is 0. The Labute approximate surface area is 105 Å². The predicted octanol–water partition coefficient (Wildman–Crippen LogP) is 2.68. The average molecular weight is 232 g/mol. The molecule has 1 heterocycles. The van der Waals surface area contributed by atoms with E-state index in [4.69, 9.17) is 0 Å². The van der Waals surface area contributed by atoms with Crippen molar-refractivity contribution < 1.29 is 0 Å². The van der Waals surface area contributed by atoms with Gasteiger partial charge in [0.1, 0.15) is 0 Å². The largest absolute Gasteiger partial charge is 0.368 e. The summed E-state index contributed by atoms with van der Waals surface area (Å²) in [5.74, 6) is 0.672. The van der Waals surface area contributed by atoms with E-state index in [1.807, 2.05) is 7.05 Å². The predicted molar refractivity (Wildman–Crippen MR) is 74.7 cm³/mol. The molecule has 0 radical (unpaired) electrons. The summed E-state index contributed by atoms with van der Waals surface area (Å²) in [4.78, 5) is 2.58. The Morgan fingerprint density at radius 2 is 2.06 bits per heavy atom. The third-order valence-electron chi connectivity index (χ3n) is 3.99. The van der Waals surface area contributed by atoms with Gasteiger partial charge in [-0.05, 0) is 50.9 Å². The summed E-state index contributed by atoms with van der Waals surface area (Å²) in [5, 5.41) is 3.28. The first-order chi connectivity index (χ1) is 8.24. The molecular weight excluding hydrogens is 208 g/mol. The topological polar surface area (TPSA) is 15.3 Å². The third kappa shape index (κ3) is 2.63. The molecule has 0 aliphatic carbocycles. The zero-order chi connectivity index (χ0) is 12.3. The van der Waals surface area contributed by atoms with Crippen LogP contribution in [0.1, 0.15) is 25.8 Å². The lowest BCUT2D eigenvalue weighted by molar-refractivity contribution is 0.425. The number of fused-ring (bicyclic) bond motifs is 1. The van der Waals surface area contributed by atoms with Crippen molar-refractivity contribution in [3.63, 3.8) is 0 Å². The molecule has 2 atom stereocenters. The minimum absolute atomic E-state index is 0.601. The molecule has 0 fully saturated rings. The quantitative estimate of drug-likeness (QED) is 0.858. The normalized spacial score (nSPS) is 18.6. The first-order valence-corrected chi connectivity index (χ1v) is 6.73. The molecule has 1 aromatic rings. The van der Waals surface area contributed by atoms with Crippen molar-refractivity contribution in [2.75, 3.05) is 25.0 Å². The van der Waals surface area contributed by atoms with Crippen molar-refractivity contribution in [1.29, 1.82) is 0 Å². The summed E-state index contributed by atoms with van der Waals surface area (Å²) in [5.41, 5.74) is 2.97. The summed E-state index contributed by atoms with van der Waals surface area (Å²) < 4.78 is 0. The van der Waals surface area contributed by atoms with Crippen LogP contribution >= 0.6 is 0 Å². The SMILES string of the molecule is CNCC(C)C(C)N1CCCc2ccccc21. The molecule has 1 aliphatic rings. The van der Waals surface area contributed by atoms with E-state index in [2.05, 4.69) is 48.3 Å². The molecule has 2 rings (SSSR count). The number of anilines is 1. The van der Waals surface area contributed by atoms with Gasteiger partial charge in [-0.3, -0.25) is 0 Å². The summed E-state index contributed by atoms with van der Waals surface area (Å²) in [6.07, 6.45) is 2.52. The molecule has 0 saturated heterocycles. The number of rotatable bonds is 4. The Kier molecular flexibility index (Phi) is 4.06. The molecule has 1 aromatic carbocycles. The summed E-state index contributed by atoms with van der Waals surface area (Å²) in [6, 6.07) is 9.47. The van der Waals surface area contributed by atoms with Crippen molar-refractivity contribution in [3.8, 4) is 0 Å². The van der Waals surface area contributed by atoms with Crippen molar-refractivity contribution in [2.45, 2.75) is 32.7 Å². The summed E-state index contributed by atoms with van der Waals surface area (Å²) in [7, 11) is 2.04. The van der Waals surface area contributed by atoms with Crippen LogP contribution in [0.2, 0.25) is 0 Å². The van der Waals surface area contributed by atoms with Crippen LogP contribution in [0.4, 0.5) is 5.69 Å². The lowest BCUT2D eigenvalue weighted by Crippen LogP contribution is -2.43. The minimum atomic E-state index is 0.601. The Balaban J connectivity index is 2.17. The number of nitrogens with one attached hydrogen (secondary N) is 1. The van der Waals surface area contributed by atoms with Crippen LogP contribution in [-0.2, 0) is 6.42 Å². The van der Waals surface area contributed by atoms with Gasteiger partial charge in [-0.1, -0.05) is 25.1 Å². The molecule has 2 nitrogen and oxygen atoms in total. The molecule has 2 unspecified atom stereocenters. The molecule has 0 amide bonds. The van der Waals surface area contributed by atoms with Crippen molar-refractivity contribution in [2.24, 2.45) is 5.92 Å². The maximum absolute atomic E-state index is 3.28. The van der Waals surface area contributed by atoms with E-state index in [0.717, 1.165) is 6.54 Å². The number of para-hydroxylation sites is 1. The first kappa shape index (κ1) is 12.4. The van der Waals surface area contributed by atoms with Crippen LogP contribution in [0.5, 0.6) is 0 Å². The van der Waals surface area contributed by atoms with E-state index < -0.39 is 0 Å². The number of hydrogen-bond donors (Lipinski definition) is 1. The fourth-order valence-corrected chi connectivity index (χ4v) is 2.79. The van der Waals surface area contributed by atoms with Gasteiger partial charge in [-0.25, -0.2) is 0 Å². The number of aryl methyl sites for hydroxylation is 1. The van der Waals surface area contributed by atoms with Gasteiger partial charge in [0.15, 0.2) is 0 Å². The van der Waals surface area contributed by atoms with Gasteiger partial charge in [0.2, 0.25) is 0 Å². The molecule has 0 spiro atoms. The van der Waals surface area contributed by atoms with E-state index in [0.29, 0.717) is 12.0 Å². The Bertz CT molecular complexity index is 362. The second kappa shape index (κ2) is 5.54. The molecule has 94 valence electrons. The molecule has 17 heavy (non-hydrogen) atoms. The fraction of sp³-hybridized carbons (Fsp3) is 0.600. The van der Waals surface area contributed by atoms with Crippen LogP contribution < -0.4 is 10.2 Å². The van der Waals surface area contributed by atoms with Crippen LogP contribution in [0, 0.1) is 5.92 Å². The zero-order valence-electron chi connectivity index (χ0n) is 11.2. The molecule has 1 N–H and O–H groups in total. The second-order valence-corrected chi connectivity index (χ2v) is 5.20. The van der Waals surface area contributed by atoms with Gasteiger partial charge in [0.25, 0.3) is 0 Å². The maximum atomic E-state index is 3.28. The van der Waals surface area contributed by atoms with Crippen LogP contribution in [-0.4, -0.2) is 26.2 Å².